The third kappa shape index (κ3) is 2.42. The molecular weight excluding hydrogens is 318 g/mol. The van der Waals surface area contributed by atoms with E-state index >= 15 is 0 Å². The minimum absolute atomic E-state index is 0.786. The van der Waals surface area contributed by atoms with Gasteiger partial charge in [0.05, 0.1) is 11.3 Å². The van der Waals surface area contributed by atoms with Gasteiger partial charge in [-0.1, -0.05) is 50.2 Å². The van der Waals surface area contributed by atoms with Gasteiger partial charge in [-0.05, 0) is 25.0 Å². The number of hydrogen-bond acceptors (Lipinski definition) is 1. The van der Waals surface area contributed by atoms with E-state index in [9.17, 15) is 5.26 Å². The molecule has 3 nitrogen and oxygen atoms in total. The summed E-state index contributed by atoms with van der Waals surface area (Å²) in [5.74, 6) is 0. The molecule has 0 bridgehead atoms. The molecule has 2 heterocycles. The first kappa shape index (κ1) is 16.5. The van der Waals surface area contributed by atoms with Gasteiger partial charge < -0.3 is 9.13 Å². The van der Waals surface area contributed by atoms with Gasteiger partial charge in [0.2, 0.25) is 0 Å². The molecule has 0 atom stereocenters. The van der Waals surface area contributed by atoms with Gasteiger partial charge in [0.15, 0.2) is 0 Å². The Bertz CT molecular complexity index is 1120. The van der Waals surface area contributed by atoms with Crippen molar-refractivity contribution < 1.29 is 0 Å². The molecule has 130 valence electrons. The lowest BCUT2D eigenvalue weighted by molar-refractivity contribution is 0.699. The van der Waals surface area contributed by atoms with Crippen molar-refractivity contribution in [3.63, 3.8) is 0 Å². The van der Waals surface area contributed by atoms with Crippen molar-refractivity contribution in [1.82, 2.24) is 9.13 Å². The molecule has 0 saturated carbocycles. The molecule has 2 aromatic heterocycles. The summed E-state index contributed by atoms with van der Waals surface area (Å²) in [6.07, 6.45) is 4.35. The quantitative estimate of drug-likeness (QED) is 0.441. The van der Waals surface area contributed by atoms with Crippen LogP contribution in [0.1, 0.15) is 32.3 Å². The predicted octanol–water partition coefficient (Wildman–Crippen LogP) is 5.95. The van der Waals surface area contributed by atoms with Crippen LogP contribution in [-0.2, 0) is 13.1 Å². The number of aromatic nitrogens is 2. The average molecular weight is 341 g/mol. The highest BCUT2D eigenvalue weighted by Gasteiger charge is 2.21. The second-order valence-corrected chi connectivity index (χ2v) is 6.76. The van der Waals surface area contributed by atoms with E-state index in [1.165, 1.54) is 10.9 Å². The summed E-state index contributed by atoms with van der Waals surface area (Å²) in [4.78, 5) is 0. The zero-order chi connectivity index (χ0) is 18.1. The van der Waals surface area contributed by atoms with E-state index < -0.39 is 0 Å². The summed E-state index contributed by atoms with van der Waals surface area (Å²) in [5, 5.41) is 12.2. The van der Waals surface area contributed by atoms with Gasteiger partial charge in [0.1, 0.15) is 6.07 Å². The van der Waals surface area contributed by atoms with Gasteiger partial charge in [-0.3, -0.25) is 0 Å². The van der Waals surface area contributed by atoms with Crippen LogP contribution in [0.25, 0.3) is 33.1 Å². The maximum Gasteiger partial charge on any atom is 0.102 e. The number of fused-ring (bicyclic) bond motifs is 2. The number of rotatable bonds is 5. The van der Waals surface area contributed by atoms with Crippen LogP contribution in [0, 0.1) is 11.3 Å². The first-order valence-electron chi connectivity index (χ1n) is 9.39. The molecule has 26 heavy (non-hydrogen) atoms. The van der Waals surface area contributed by atoms with Crippen molar-refractivity contribution in [1.29, 1.82) is 5.26 Å². The second-order valence-electron chi connectivity index (χ2n) is 6.76. The van der Waals surface area contributed by atoms with Crippen molar-refractivity contribution >= 4 is 21.8 Å². The molecule has 0 aliphatic heterocycles. The number of nitriles is 1. The summed E-state index contributed by atoms with van der Waals surface area (Å²) in [6, 6.07) is 19.3. The van der Waals surface area contributed by atoms with Crippen LogP contribution in [0.15, 0.2) is 54.7 Å². The van der Waals surface area contributed by atoms with Crippen LogP contribution in [0.5, 0.6) is 0 Å². The van der Waals surface area contributed by atoms with E-state index in [1.807, 2.05) is 6.07 Å². The normalized spacial score (nSPS) is 11.3. The van der Waals surface area contributed by atoms with E-state index in [2.05, 4.69) is 77.7 Å². The summed E-state index contributed by atoms with van der Waals surface area (Å²) >= 11 is 0. The smallest absolute Gasteiger partial charge is 0.102 e. The molecule has 4 aromatic rings. The van der Waals surface area contributed by atoms with Crippen LogP contribution < -0.4 is 0 Å². The summed E-state index contributed by atoms with van der Waals surface area (Å²) in [7, 11) is 0. The van der Waals surface area contributed by atoms with Crippen LogP contribution in [0.2, 0.25) is 0 Å². The molecule has 0 unspecified atom stereocenters. The molecule has 0 saturated heterocycles. The Labute approximate surface area is 154 Å². The maximum absolute atomic E-state index is 9.97. The van der Waals surface area contributed by atoms with Gasteiger partial charge in [-0.25, -0.2) is 0 Å². The fourth-order valence-corrected chi connectivity index (χ4v) is 4.01. The SMILES string of the molecule is CCCn1cc(-c2c(C#N)c3ccccc3n2CCC)c2ccccc21. The topological polar surface area (TPSA) is 33.6 Å². The second kappa shape index (κ2) is 6.72. The number of para-hydroxylation sites is 2. The van der Waals surface area contributed by atoms with Gasteiger partial charge in [-0.15, -0.1) is 0 Å². The Morgan fingerprint density at radius 2 is 1.50 bits per heavy atom. The highest BCUT2D eigenvalue weighted by molar-refractivity contribution is 6.02. The third-order valence-corrected chi connectivity index (χ3v) is 5.04. The Balaban J connectivity index is 2.11. The maximum atomic E-state index is 9.97. The fourth-order valence-electron chi connectivity index (χ4n) is 4.01. The highest BCUT2D eigenvalue weighted by atomic mass is 15.0. The monoisotopic (exact) mass is 341 g/mol. The molecule has 0 spiro atoms. The summed E-state index contributed by atoms with van der Waals surface area (Å²) in [6.45, 7) is 6.27. The highest BCUT2D eigenvalue weighted by Crippen LogP contribution is 2.38. The minimum atomic E-state index is 0.786. The van der Waals surface area contributed by atoms with Crippen molar-refractivity contribution in [3.05, 3.63) is 60.3 Å². The molecule has 3 heteroatoms. The standard InChI is InChI=1S/C23H23N3/c1-3-13-25-16-20(18-10-5-7-11-21(18)25)23-19(15-24)17-9-6-8-12-22(17)26(23)14-4-2/h5-12,16H,3-4,13-14H2,1-2H3. The van der Waals surface area contributed by atoms with Gasteiger partial charge in [0, 0.05) is 46.7 Å². The lowest BCUT2D eigenvalue weighted by Gasteiger charge is -2.09. The molecule has 0 amide bonds. The van der Waals surface area contributed by atoms with Gasteiger partial charge in [0.25, 0.3) is 0 Å². The zero-order valence-electron chi connectivity index (χ0n) is 15.4. The van der Waals surface area contributed by atoms with Crippen molar-refractivity contribution in [2.45, 2.75) is 39.8 Å². The Hall–Kier alpha value is -2.99. The van der Waals surface area contributed by atoms with Crippen molar-refractivity contribution in [2.24, 2.45) is 0 Å². The van der Waals surface area contributed by atoms with Gasteiger partial charge in [-0.2, -0.15) is 5.26 Å². The fraction of sp³-hybridized carbons (Fsp3) is 0.261. The average Bonchev–Trinajstić information content (AvgIpc) is 3.18. The van der Waals surface area contributed by atoms with Crippen molar-refractivity contribution in [2.75, 3.05) is 0 Å². The Morgan fingerprint density at radius 3 is 2.19 bits per heavy atom. The zero-order valence-corrected chi connectivity index (χ0v) is 15.4. The number of nitrogens with zero attached hydrogens (tertiary/aromatic N) is 3. The molecule has 0 fully saturated rings. The van der Waals surface area contributed by atoms with Gasteiger partial charge >= 0.3 is 0 Å². The molecule has 0 radical (unpaired) electrons. The summed E-state index contributed by atoms with van der Waals surface area (Å²) in [5.41, 5.74) is 5.39. The van der Waals surface area contributed by atoms with Crippen molar-refractivity contribution in [3.8, 4) is 17.3 Å². The largest absolute Gasteiger partial charge is 0.347 e. The predicted molar refractivity (Wildman–Crippen MR) is 108 cm³/mol. The molecule has 0 N–H and O–H groups in total. The summed E-state index contributed by atoms with van der Waals surface area (Å²) < 4.78 is 4.64. The van der Waals surface area contributed by atoms with Crippen LogP contribution in [-0.4, -0.2) is 9.13 Å². The van der Waals surface area contributed by atoms with E-state index in [-0.39, 0.29) is 0 Å². The first-order valence-corrected chi connectivity index (χ1v) is 9.39. The molecule has 2 aromatic carbocycles. The van der Waals surface area contributed by atoms with Crippen LogP contribution >= 0.6 is 0 Å². The number of hydrogen-bond donors (Lipinski definition) is 0. The van der Waals surface area contributed by atoms with Crippen LogP contribution in [0.4, 0.5) is 0 Å². The minimum Gasteiger partial charge on any atom is -0.347 e. The lowest BCUT2D eigenvalue weighted by Crippen LogP contribution is -1.99. The number of aryl methyl sites for hydroxylation is 2. The molecular formula is C23H23N3. The Kier molecular flexibility index (Phi) is 4.26. The van der Waals surface area contributed by atoms with Crippen LogP contribution in [0.3, 0.4) is 0 Å². The third-order valence-electron chi connectivity index (χ3n) is 5.04. The lowest BCUT2D eigenvalue weighted by atomic mass is 10.1. The first-order chi connectivity index (χ1) is 12.8. The molecule has 0 aliphatic carbocycles. The van der Waals surface area contributed by atoms with E-state index in [4.69, 9.17) is 0 Å². The number of benzene rings is 2. The van der Waals surface area contributed by atoms with E-state index in [0.717, 1.165) is 53.7 Å². The van der Waals surface area contributed by atoms with E-state index in [0.29, 0.717) is 0 Å². The molecule has 0 aliphatic rings. The van der Waals surface area contributed by atoms with E-state index in [1.54, 1.807) is 0 Å². The molecule has 4 rings (SSSR count). The Morgan fingerprint density at radius 1 is 0.846 bits per heavy atom.